The normalized spacial score (nSPS) is 11.4. The molecule has 0 spiro atoms. The third kappa shape index (κ3) is 7.07. The molecule has 0 aliphatic carbocycles. The molecule has 2 aromatic rings. The molecule has 0 saturated heterocycles. The second-order valence-electron chi connectivity index (χ2n) is 6.92. The number of ether oxygens (including phenoxy) is 3. The second kappa shape index (κ2) is 12.1. The van der Waals surface area contributed by atoms with E-state index in [0.717, 1.165) is 12.0 Å². The van der Waals surface area contributed by atoms with Crippen molar-refractivity contribution in [3.8, 4) is 17.2 Å². The smallest absolute Gasteiger partial charge is 0.261 e. The van der Waals surface area contributed by atoms with Gasteiger partial charge in [-0.1, -0.05) is 36.7 Å². The molecular formula is C23H29ClN2O5. The largest absolute Gasteiger partial charge is 0.496 e. The van der Waals surface area contributed by atoms with Crippen molar-refractivity contribution >= 4 is 23.4 Å². The monoisotopic (exact) mass is 448 g/mol. The minimum atomic E-state index is -0.696. The van der Waals surface area contributed by atoms with E-state index >= 15 is 0 Å². The van der Waals surface area contributed by atoms with Crippen LogP contribution >= 0.6 is 11.6 Å². The predicted octanol–water partition coefficient (Wildman–Crippen LogP) is 3.68. The molecule has 0 aliphatic heterocycles. The van der Waals surface area contributed by atoms with Crippen LogP contribution in [-0.4, -0.2) is 50.1 Å². The van der Waals surface area contributed by atoms with Crippen LogP contribution in [0.4, 0.5) is 0 Å². The van der Waals surface area contributed by atoms with Gasteiger partial charge in [-0.3, -0.25) is 9.59 Å². The SMILES string of the molecule is CCCNC(=O)C(C)N(Cc1ccccc1Cl)C(=O)COc1cc(OC)cc(OC)c1. The van der Waals surface area contributed by atoms with Gasteiger partial charge in [0.25, 0.3) is 5.91 Å². The molecule has 1 N–H and O–H groups in total. The summed E-state index contributed by atoms with van der Waals surface area (Å²) in [6.07, 6.45) is 0.803. The topological polar surface area (TPSA) is 77.1 Å². The molecule has 2 rings (SSSR count). The summed E-state index contributed by atoms with van der Waals surface area (Å²) in [6.45, 7) is 4.12. The van der Waals surface area contributed by atoms with Crippen molar-refractivity contribution in [2.75, 3.05) is 27.4 Å². The van der Waals surface area contributed by atoms with E-state index < -0.39 is 6.04 Å². The van der Waals surface area contributed by atoms with Crippen LogP contribution in [0.2, 0.25) is 5.02 Å². The van der Waals surface area contributed by atoms with Crippen LogP contribution in [0.3, 0.4) is 0 Å². The van der Waals surface area contributed by atoms with Crippen molar-refractivity contribution in [1.82, 2.24) is 10.2 Å². The van der Waals surface area contributed by atoms with Crippen molar-refractivity contribution in [2.24, 2.45) is 0 Å². The average molecular weight is 449 g/mol. The van der Waals surface area contributed by atoms with Gasteiger partial charge >= 0.3 is 0 Å². The first-order valence-electron chi connectivity index (χ1n) is 10.1. The Morgan fingerprint density at radius 1 is 1.06 bits per heavy atom. The van der Waals surface area contributed by atoms with E-state index in [0.29, 0.717) is 28.8 Å². The molecule has 168 valence electrons. The van der Waals surface area contributed by atoms with Gasteiger partial charge in [0.1, 0.15) is 23.3 Å². The highest BCUT2D eigenvalue weighted by Crippen LogP contribution is 2.27. The first-order valence-corrected chi connectivity index (χ1v) is 10.4. The summed E-state index contributed by atoms with van der Waals surface area (Å²) in [6, 6.07) is 11.6. The van der Waals surface area contributed by atoms with Crippen molar-refractivity contribution in [3.05, 3.63) is 53.1 Å². The van der Waals surface area contributed by atoms with Crippen LogP contribution in [0.25, 0.3) is 0 Å². The molecule has 0 aliphatic rings. The molecule has 2 amide bonds. The van der Waals surface area contributed by atoms with E-state index in [4.69, 9.17) is 25.8 Å². The third-order valence-electron chi connectivity index (χ3n) is 4.70. The maximum absolute atomic E-state index is 13.1. The van der Waals surface area contributed by atoms with E-state index in [1.54, 1.807) is 31.2 Å². The second-order valence-corrected chi connectivity index (χ2v) is 7.32. The maximum Gasteiger partial charge on any atom is 0.261 e. The third-order valence-corrected chi connectivity index (χ3v) is 5.07. The Labute approximate surface area is 188 Å². The Bertz CT molecular complexity index is 868. The lowest BCUT2D eigenvalue weighted by molar-refractivity contribution is -0.142. The van der Waals surface area contributed by atoms with Gasteiger partial charge in [-0.15, -0.1) is 0 Å². The number of amides is 2. The summed E-state index contributed by atoms with van der Waals surface area (Å²) in [5.41, 5.74) is 0.746. The molecule has 0 radical (unpaired) electrons. The summed E-state index contributed by atoms with van der Waals surface area (Å²) >= 11 is 6.28. The van der Waals surface area contributed by atoms with Crippen LogP contribution < -0.4 is 19.5 Å². The van der Waals surface area contributed by atoms with Gasteiger partial charge in [0.2, 0.25) is 5.91 Å². The predicted molar refractivity (Wildman–Crippen MR) is 120 cm³/mol. The molecule has 2 aromatic carbocycles. The van der Waals surface area contributed by atoms with Crippen LogP contribution in [0.5, 0.6) is 17.2 Å². The maximum atomic E-state index is 13.1. The fraction of sp³-hybridized carbons (Fsp3) is 0.391. The Morgan fingerprint density at radius 2 is 1.68 bits per heavy atom. The zero-order valence-corrected chi connectivity index (χ0v) is 19.1. The van der Waals surface area contributed by atoms with Gasteiger partial charge in [0, 0.05) is 36.3 Å². The molecule has 7 nitrogen and oxygen atoms in total. The number of nitrogens with one attached hydrogen (secondary N) is 1. The number of rotatable bonds is 11. The van der Waals surface area contributed by atoms with Crippen LogP contribution in [0.1, 0.15) is 25.8 Å². The number of nitrogens with zero attached hydrogens (tertiary/aromatic N) is 1. The highest BCUT2D eigenvalue weighted by atomic mass is 35.5. The molecular weight excluding hydrogens is 420 g/mol. The Hall–Kier alpha value is -2.93. The number of halogens is 1. The van der Waals surface area contributed by atoms with Gasteiger partial charge in [-0.05, 0) is 25.0 Å². The molecule has 0 bridgehead atoms. The average Bonchev–Trinajstić information content (AvgIpc) is 2.79. The minimum Gasteiger partial charge on any atom is -0.496 e. The van der Waals surface area contributed by atoms with Crippen molar-refractivity contribution in [3.63, 3.8) is 0 Å². The Morgan fingerprint density at radius 3 is 2.26 bits per heavy atom. The molecule has 1 unspecified atom stereocenters. The molecule has 1 atom stereocenters. The fourth-order valence-electron chi connectivity index (χ4n) is 2.88. The molecule has 0 fully saturated rings. The number of carbonyl (C=O) groups is 2. The summed E-state index contributed by atoms with van der Waals surface area (Å²) < 4.78 is 16.2. The number of benzene rings is 2. The summed E-state index contributed by atoms with van der Waals surface area (Å²) in [5.74, 6) is 0.931. The lowest BCUT2D eigenvalue weighted by Crippen LogP contribution is -2.49. The number of hydrogen-bond donors (Lipinski definition) is 1. The van der Waals surface area contributed by atoms with Gasteiger partial charge in [-0.25, -0.2) is 0 Å². The Balaban J connectivity index is 2.19. The first-order chi connectivity index (χ1) is 14.9. The van der Waals surface area contributed by atoms with Crippen LogP contribution in [-0.2, 0) is 16.1 Å². The van der Waals surface area contributed by atoms with E-state index in [9.17, 15) is 9.59 Å². The van der Waals surface area contributed by atoms with Crippen LogP contribution in [0.15, 0.2) is 42.5 Å². The van der Waals surface area contributed by atoms with E-state index in [2.05, 4.69) is 5.32 Å². The van der Waals surface area contributed by atoms with E-state index in [-0.39, 0.29) is 25.0 Å². The lowest BCUT2D eigenvalue weighted by Gasteiger charge is -2.29. The summed E-state index contributed by atoms with van der Waals surface area (Å²) in [7, 11) is 3.07. The van der Waals surface area contributed by atoms with E-state index in [1.807, 2.05) is 25.1 Å². The van der Waals surface area contributed by atoms with Gasteiger partial charge < -0.3 is 24.4 Å². The lowest BCUT2D eigenvalue weighted by atomic mass is 10.1. The fourth-order valence-corrected chi connectivity index (χ4v) is 3.08. The zero-order chi connectivity index (χ0) is 22.8. The quantitative estimate of drug-likeness (QED) is 0.567. The Kier molecular flexibility index (Phi) is 9.46. The van der Waals surface area contributed by atoms with E-state index in [1.165, 1.54) is 19.1 Å². The van der Waals surface area contributed by atoms with Gasteiger partial charge in [0.15, 0.2) is 6.61 Å². The highest BCUT2D eigenvalue weighted by Gasteiger charge is 2.27. The molecule has 0 saturated carbocycles. The van der Waals surface area contributed by atoms with Crippen molar-refractivity contribution < 1.29 is 23.8 Å². The number of carbonyl (C=O) groups excluding carboxylic acids is 2. The highest BCUT2D eigenvalue weighted by molar-refractivity contribution is 6.31. The van der Waals surface area contributed by atoms with Crippen LogP contribution in [0, 0.1) is 0 Å². The minimum absolute atomic E-state index is 0.185. The molecule has 31 heavy (non-hydrogen) atoms. The number of hydrogen-bond acceptors (Lipinski definition) is 5. The summed E-state index contributed by atoms with van der Waals surface area (Å²) in [4.78, 5) is 27.1. The van der Waals surface area contributed by atoms with Gasteiger partial charge in [-0.2, -0.15) is 0 Å². The standard InChI is InChI=1S/C23H29ClN2O5/c1-5-10-25-23(28)16(2)26(14-17-8-6-7-9-21(17)24)22(27)15-31-20-12-18(29-3)11-19(13-20)30-4/h6-9,11-13,16H,5,10,14-15H2,1-4H3,(H,25,28). The van der Waals surface area contributed by atoms with Crippen molar-refractivity contribution in [1.29, 1.82) is 0 Å². The molecule has 0 aromatic heterocycles. The molecule has 0 heterocycles. The van der Waals surface area contributed by atoms with Crippen molar-refractivity contribution in [2.45, 2.75) is 32.9 Å². The summed E-state index contributed by atoms with van der Waals surface area (Å²) in [5, 5.41) is 3.36. The first kappa shape index (κ1) is 24.3. The molecule has 8 heteroatoms. The zero-order valence-electron chi connectivity index (χ0n) is 18.3. The number of methoxy groups -OCH3 is 2. The van der Waals surface area contributed by atoms with Gasteiger partial charge in [0.05, 0.1) is 14.2 Å².